The van der Waals surface area contributed by atoms with Crippen LogP contribution in [0, 0.1) is 6.92 Å². The molecule has 0 saturated carbocycles. The molecule has 114 valence electrons. The molecule has 0 N–H and O–H groups in total. The Hall–Kier alpha value is -0.0231. The molecule has 4 heteroatoms. The number of nitrogens with zero attached hydrogens (tertiary/aromatic N) is 1. The third-order valence-electron chi connectivity index (χ3n) is 3.97. The summed E-state index contributed by atoms with van der Waals surface area (Å²) in [6.07, 6.45) is 5.50. The molecule has 1 saturated heterocycles. The SMILES string of the molecule is Cc1ccc(Cl)c(C[Si](C)(C)CN2CCCCC2)c1.Cl. The summed E-state index contributed by atoms with van der Waals surface area (Å²) in [5, 5.41) is 0.949. The molecule has 0 radical (unpaired) electrons. The van der Waals surface area contributed by atoms with Crippen molar-refractivity contribution in [3.05, 3.63) is 34.3 Å². The fourth-order valence-electron chi connectivity index (χ4n) is 3.13. The average Bonchev–Trinajstić information content (AvgIpc) is 2.34. The predicted molar refractivity (Wildman–Crippen MR) is 94.9 cm³/mol. The molecular weight excluding hydrogens is 305 g/mol. The molecule has 0 aromatic heterocycles. The van der Waals surface area contributed by atoms with E-state index in [1.54, 1.807) is 0 Å². The Morgan fingerprint density at radius 3 is 2.45 bits per heavy atom. The summed E-state index contributed by atoms with van der Waals surface area (Å²) in [4.78, 5) is 2.68. The Kier molecular flexibility index (Phi) is 7.06. The van der Waals surface area contributed by atoms with Crippen LogP contribution in [-0.4, -0.2) is 32.2 Å². The predicted octanol–water partition coefficient (Wildman–Crippen LogP) is 4.89. The molecule has 1 heterocycles. The van der Waals surface area contributed by atoms with Crippen molar-refractivity contribution >= 4 is 32.1 Å². The smallest absolute Gasteiger partial charge is 0.0673 e. The van der Waals surface area contributed by atoms with E-state index in [-0.39, 0.29) is 12.4 Å². The van der Waals surface area contributed by atoms with Crippen LogP contribution in [0.1, 0.15) is 30.4 Å². The van der Waals surface area contributed by atoms with E-state index >= 15 is 0 Å². The minimum Gasteiger partial charge on any atom is -0.306 e. The Labute approximate surface area is 136 Å². The first-order valence-electron chi connectivity index (χ1n) is 7.44. The van der Waals surface area contributed by atoms with Gasteiger partial charge in [-0.05, 0) is 56.7 Å². The van der Waals surface area contributed by atoms with Gasteiger partial charge < -0.3 is 4.90 Å². The number of hydrogen-bond donors (Lipinski definition) is 0. The summed E-state index contributed by atoms with van der Waals surface area (Å²) in [6, 6.07) is 7.62. The fraction of sp³-hybridized carbons (Fsp3) is 0.625. The van der Waals surface area contributed by atoms with Crippen molar-refractivity contribution in [3.8, 4) is 0 Å². The van der Waals surface area contributed by atoms with Crippen LogP contribution in [0.5, 0.6) is 0 Å². The molecule has 0 amide bonds. The molecule has 20 heavy (non-hydrogen) atoms. The summed E-state index contributed by atoms with van der Waals surface area (Å²) < 4.78 is 0. The number of hydrogen-bond acceptors (Lipinski definition) is 1. The van der Waals surface area contributed by atoms with E-state index in [9.17, 15) is 0 Å². The number of aryl methyl sites for hydroxylation is 1. The zero-order valence-corrected chi connectivity index (χ0v) is 15.5. The molecular formula is C16H27Cl2NSi. The first-order chi connectivity index (χ1) is 8.96. The van der Waals surface area contributed by atoms with Crippen molar-refractivity contribution in [1.29, 1.82) is 0 Å². The molecule has 0 aliphatic carbocycles. The number of likely N-dealkylation sites (tertiary alicyclic amines) is 1. The highest BCUT2D eigenvalue weighted by molar-refractivity contribution is 6.77. The van der Waals surface area contributed by atoms with Gasteiger partial charge >= 0.3 is 0 Å². The highest BCUT2D eigenvalue weighted by Crippen LogP contribution is 2.23. The van der Waals surface area contributed by atoms with E-state index in [2.05, 4.69) is 43.1 Å². The molecule has 1 aliphatic heterocycles. The van der Waals surface area contributed by atoms with Gasteiger partial charge in [-0.2, -0.15) is 0 Å². The minimum absolute atomic E-state index is 0. The van der Waals surface area contributed by atoms with Crippen LogP contribution >= 0.6 is 24.0 Å². The van der Waals surface area contributed by atoms with Gasteiger partial charge in [-0.1, -0.05) is 48.8 Å². The van der Waals surface area contributed by atoms with E-state index in [0.717, 1.165) is 5.02 Å². The molecule has 2 rings (SSSR count). The van der Waals surface area contributed by atoms with E-state index < -0.39 is 8.07 Å². The van der Waals surface area contributed by atoms with Crippen molar-refractivity contribution < 1.29 is 0 Å². The summed E-state index contributed by atoms with van der Waals surface area (Å²) in [5.41, 5.74) is 2.68. The topological polar surface area (TPSA) is 3.24 Å². The zero-order chi connectivity index (χ0) is 13.9. The lowest BCUT2D eigenvalue weighted by atomic mass is 10.1. The van der Waals surface area contributed by atoms with E-state index in [1.807, 2.05) is 0 Å². The summed E-state index contributed by atoms with van der Waals surface area (Å²) >= 11 is 6.35. The van der Waals surface area contributed by atoms with Crippen molar-refractivity contribution in [2.75, 3.05) is 19.3 Å². The Bertz CT molecular complexity index is 428. The van der Waals surface area contributed by atoms with E-state index in [1.165, 1.54) is 55.7 Å². The first kappa shape index (κ1) is 18.0. The van der Waals surface area contributed by atoms with Gasteiger partial charge in [-0.3, -0.25) is 0 Å². The maximum atomic E-state index is 6.35. The van der Waals surface area contributed by atoms with Gasteiger partial charge in [0.05, 0.1) is 8.07 Å². The zero-order valence-electron chi connectivity index (χ0n) is 12.9. The molecule has 1 aromatic rings. The Balaban J connectivity index is 0.00000200. The number of rotatable bonds is 4. The van der Waals surface area contributed by atoms with E-state index in [0.29, 0.717) is 0 Å². The van der Waals surface area contributed by atoms with E-state index in [4.69, 9.17) is 11.6 Å². The lowest BCUT2D eigenvalue weighted by Crippen LogP contribution is -2.46. The second-order valence-electron chi connectivity index (χ2n) is 6.77. The molecule has 1 aliphatic rings. The standard InChI is InChI=1S/C16H26ClNSi.ClH/c1-14-7-8-16(17)15(11-14)12-19(2,3)13-18-9-5-4-6-10-18;/h7-8,11H,4-6,9-10,12-13H2,1-3H3;1H. The summed E-state index contributed by atoms with van der Waals surface area (Å²) in [7, 11) is -1.24. The highest BCUT2D eigenvalue weighted by atomic mass is 35.5. The molecule has 1 nitrogen and oxygen atoms in total. The Morgan fingerprint density at radius 2 is 1.80 bits per heavy atom. The highest BCUT2D eigenvalue weighted by Gasteiger charge is 2.26. The molecule has 0 bridgehead atoms. The van der Waals surface area contributed by atoms with Gasteiger partial charge in [0.15, 0.2) is 0 Å². The van der Waals surface area contributed by atoms with Crippen LogP contribution in [0.2, 0.25) is 18.1 Å². The summed E-state index contributed by atoms with van der Waals surface area (Å²) in [6.45, 7) is 9.76. The maximum absolute atomic E-state index is 6.35. The van der Waals surface area contributed by atoms with Crippen LogP contribution in [-0.2, 0) is 6.04 Å². The van der Waals surface area contributed by atoms with Crippen LogP contribution in [0.15, 0.2) is 18.2 Å². The second-order valence-corrected chi connectivity index (χ2v) is 12.2. The third kappa shape index (κ3) is 5.40. The van der Waals surface area contributed by atoms with Gasteiger partial charge in [-0.25, -0.2) is 0 Å². The number of piperidine rings is 1. The molecule has 0 unspecified atom stereocenters. The largest absolute Gasteiger partial charge is 0.306 e. The van der Waals surface area contributed by atoms with Crippen LogP contribution in [0.4, 0.5) is 0 Å². The maximum Gasteiger partial charge on any atom is 0.0673 e. The summed E-state index contributed by atoms with van der Waals surface area (Å²) in [5.74, 6) is 0. The minimum atomic E-state index is -1.24. The third-order valence-corrected chi connectivity index (χ3v) is 6.98. The number of halogens is 2. The fourth-order valence-corrected chi connectivity index (χ4v) is 6.39. The van der Waals surface area contributed by atoms with Gasteiger partial charge in [-0.15, -0.1) is 12.4 Å². The first-order valence-corrected chi connectivity index (χ1v) is 11.2. The van der Waals surface area contributed by atoms with Gasteiger partial charge in [0, 0.05) is 5.02 Å². The van der Waals surface area contributed by atoms with Crippen LogP contribution < -0.4 is 0 Å². The van der Waals surface area contributed by atoms with Crippen molar-refractivity contribution in [2.24, 2.45) is 0 Å². The average molecular weight is 332 g/mol. The lowest BCUT2D eigenvalue weighted by molar-refractivity contribution is 0.258. The van der Waals surface area contributed by atoms with Crippen molar-refractivity contribution in [2.45, 2.75) is 45.3 Å². The monoisotopic (exact) mass is 331 g/mol. The van der Waals surface area contributed by atoms with Crippen molar-refractivity contribution in [1.82, 2.24) is 4.90 Å². The quantitative estimate of drug-likeness (QED) is 0.710. The molecule has 1 fully saturated rings. The van der Waals surface area contributed by atoms with Crippen LogP contribution in [0.25, 0.3) is 0 Å². The molecule has 0 spiro atoms. The van der Waals surface area contributed by atoms with Gasteiger partial charge in [0.2, 0.25) is 0 Å². The molecule has 0 atom stereocenters. The van der Waals surface area contributed by atoms with Gasteiger partial charge in [0.25, 0.3) is 0 Å². The van der Waals surface area contributed by atoms with Crippen molar-refractivity contribution in [3.63, 3.8) is 0 Å². The van der Waals surface area contributed by atoms with Crippen LogP contribution in [0.3, 0.4) is 0 Å². The molecule has 1 aromatic carbocycles. The normalized spacial score (nSPS) is 16.8. The lowest BCUT2D eigenvalue weighted by Gasteiger charge is -2.34. The second kappa shape index (κ2) is 7.84. The number of benzene rings is 1. The Morgan fingerprint density at radius 1 is 1.15 bits per heavy atom. The van der Waals surface area contributed by atoms with Gasteiger partial charge in [0.1, 0.15) is 0 Å².